The van der Waals surface area contributed by atoms with Gasteiger partial charge in [0.15, 0.2) is 0 Å². The third-order valence-electron chi connectivity index (χ3n) is 12.9. The SMILES string of the molecule is CC(C)(C)c1ccc(-n2c(-c3[c-]c(-c4cccc(-c5cc(C(C)(C)C)cc(C(C)(C)C)c5O)n4)ccc3)nc3ccccc32)c(-c2ccc3c(c2)C(C)(C)CCC3(C)C)c1.[Pt]. The third-order valence-corrected chi connectivity index (χ3v) is 12.9. The van der Waals surface area contributed by atoms with Gasteiger partial charge in [-0.25, -0.2) is 0 Å². The first-order valence-electron chi connectivity index (χ1n) is 21.7. The van der Waals surface area contributed by atoms with E-state index in [2.05, 4.69) is 192 Å². The van der Waals surface area contributed by atoms with Gasteiger partial charge in [0.2, 0.25) is 0 Å². The van der Waals surface area contributed by atoms with Crippen molar-refractivity contribution < 1.29 is 26.2 Å². The Morgan fingerprint density at radius 3 is 1.89 bits per heavy atom. The number of benzene rings is 5. The molecule has 0 fully saturated rings. The summed E-state index contributed by atoms with van der Waals surface area (Å²) >= 11 is 0. The molecule has 0 aliphatic heterocycles. The number of pyridine rings is 1. The summed E-state index contributed by atoms with van der Waals surface area (Å²) in [5.41, 5.74) is 15.6. The number of phenols is 1. The molecule has 0 atom stereocenters. The zero-order valence-electron chi connectivity index (χ0n) is 38.4. The number of hydrogen-bond acceptors (Lipinski definition) is 3. The van der Waals surface area contributed by atoms with Crippen molar-refractivity contribution in [1.29, 1.82) is 0 Å². The van der Waals surface area contributed by atoms with Crippen molar-refractivity contribution in [2.24, 2.45) is 0 Å². The first kappa shape index (κ1) is 44.3. The van der Waals surface area contributed by atoms with Crippen molar-refractivity contribution in [2.75, 3.05) is 0 Å². The smallest absolute Gasteiger partial charge is 0.128 e. The van der Waals surface area contributed by atoms with Gasteiger partial charge in [-0.1, -0.05) is 156 Å². The molecule has 2 heterocycles. The number of fused-ring (bicyclic) bond motifs is 2. The Hall–Kier alpha value is -4.79. The molecule has 1 aliphatic carbocycles. The number of imidazole rings is 1. The first-order valence-corrected chi connectivity index (χ1v) is 21.7. The Labute approximate surface area is 379 Å². The number of aromatic nitrogens is 3. The van der Waals surface area contributed by atoms with Gasteiger partial charge < -0.3 is 9.67 Å². The molecule has 5 aromatic carbocycles. The van der Waals surface area contributed by atoms with Gasteiger partial charge in [-0.2, -0.15) is 0 Å². The number of hydrogen-bond donors (Lipinski definition) is 1. The van der Waals surface area contributed by atoms with Gasteiger partial charge in [-0.05, 0) is 104 Å². The fourth-order valence-electron chi connectivity index (χ4n) is 8.95. The van der Waals surface area contributed by atoms with E-state index in [0.29, 0.717) is 0 Å². The minimum absolute atomic E-state index is 0. The summed E-state index contributed by atoms with van der Waals surface area (Å²) in [4.78, 5) is 10.5. The summed E-state index contributed by atoms with van der Waals surface area (Å²) in [5, 5.41) is 11.7. The van der Waals surface area contributed by atoms with Crippen molar-refractivity contribution in [1.82, 2.24) is 14.5 Å². The van der Waals surface area contributed by atoms with Crippen LogP contribution in [0.5, 0.6) is 5.75 Å². The fourth-order valence-corrected chi connectivity index (χ4v) is 8.95. The van der Waals surface area contributed by atoms with Crippen LogP contribution in [0.25, 0.3) is 61.8 Å². The molecule has 2 aromatic heterocycles. The molecule has 0 unspecified atom stereocenters. The second-order valence-electron chi connectivity index (χ2n) is 21.6. The molecule has 8 rings (SSSR count). The molecule has 0 radical (unpaired) electrons. The van der Waals surface area contributed by atoms with E-state index in [1.54, 1.807) is 0 Å². The van der Waals surface area contributed by atoms with Crippen molar-refractivity contribution in [2.45, 2.75) is 130 Å². The van der Waals surface area contributed by atoms with E-state index in [9.17, 15) is 5.11 Å². The zero-order chi connectivity index (χ0) is 43.2. The van der Waals surface area contributed by atoms with Crippen LogP contribution in [0.4, 0.5) is 0 Å². The minimum Gasteiger partial charge on any atom is -0.507 e. The Kier molecular flexibility index (Phi) is 11.3. The predicted octanol–water partition coefficient (Wildman–Crippen LogP) is 14.8. The molecular formula is C56H62N3OPt-. The average Bonchev–Trinajstić information content (AvgIpc) is 3.58. The van der Waals surface area contributed by atoms with Gasteiger partial charge in [0, 0.05) is 49.1 Å². The van der Waals surface area contributed by atoms with Crippen LogP contribution in [0.15, 0.2) is 109 Å². The van der Waals surface area contributed by atoms with Gasteiger partial charge >= 0.3 is 0 Å². The molecule has 4 nitrogen and oxygen atoms in total. The predicted molar refractivity (Wildman–Crippen MR) is 252 cm³/mol. The van der Waals surface area contributed by atoms with Crippen LogP contribution in [0, 0.1) is 6.07 Å². The molecular weight excluding hydrogens is 926 g/mol. The van der Waals surface area contributed by atoms with E-state index in [1.807, 2.05) is 18.2 Å². The van der Waals surface area contributed by atoms with Gasteiger partial charge in [0.1, 0.15) is 5.75 Å². The summed E-state index contributed by atoms with van der Waals surface area (Å²) in [6, 6.07) is 42.9. The molecule has 1 aliphatic rings. The van der Waals surface area contributed by atoms with Gasteiger partial charge in [0.25, 0.3) is 0 Å². The molecule has 0 bridgehead atoms. The average molecular weight is 988 g/mol. The van der Waals surface area contributed by atoms with Crippen LogP contribution in [0.2, 0.25) is 0 Å². The Bertz CT molecular complexity index is 2780. The van der Waals surface area contributed by atoms with E-state index < -0.39 is 0 Å². The van der Waals surface area contributed by atoms with Gasteiger partial charge in [-0.3, -0.25) is 9.97 Å². The second-order valence-corrected chi connectivity index (χ2v) is 21.6. The summed E-state index contributed by atoms with van der Waals surface area (Å²) in [6.45, 7) is 29.5. The van der Waals surface area contributed by atoms with E-state index in [-0.39, 0.29) is 53.9 Å². The quantitative estimate of drug-likeness (QED) is 0.175. The Balaban J connectivity index is 0.00000561. The Morgan fingerprint density at radius 2 is 1.20 bits per heavy atom. The zero-order valence-corrected chi connectivity index (χ0v) is 40.7. The first-order chi connectivity index (χ1) is 28.0. The number of nitrogens with zero attached hydrogens (tertiary/aromatic N) is 3. The van der Waals surface area contributed by atoms with Crippen molar-refractivity contribution >= 4 is 11.0 Å². The number of para-hydroxylation sites is 2. The van der Waals surface area contributed by atoms with E-state index in [4.69, 9.17) is 9.97 Å². The molecule has 0 amide bonds. The van der Waals surface area contributed by atoms with Gasteiger partial charge in [0.05, 0.1) is 22.6 Å². The van der Waals surface area contributed by atoms with Crippen LogP contribution in [0.3, 0.4) is 0 Å². The van der Waals surface area contributed by atoms with E-state index >= 15 is 0 Å². The summed E-state index contributed by atoms with van der Waals surface area (Å²) < 4.78 is 2.33. The molecule has 318 valence electrons. The monoisotopic (exact) mass is 987 g/mol. The minimum atomic E-state index is -0.244. The summed E-state index contributed by atoms with van der Waals surface area (Å²) in [7, 11) is 0. The van der Waals surface area contributed by atoms with Crippen molar-refractivity contribution in [3.8, 4) is 56.5 Å². The van der Waals surface area contributed by atoms with Crippen LogP contribution < -0.4 is 0 Å². The maximum absolute atomic E-state index is 11.7. The van der Waals surface area contributed by atoms with Gasteiger partial charge in [-0.15, -0.1) is 24.3 Å². The summed E-state index contributed by atoms with van der Waals surface area (Å²) in [6.07, 6.45) is 2.34. The fraction of sp³-hybridized carbons (Fsp3) is 0.357. The molecule has 61 heavy (non-hydrogen) atoms. The van der Waals surface area contributed by atoms with Crippen molar-refractivity contribution in [3.05, 3.63) is 143 Å². The maximum atomic E-state index is 11.7. The van der Waals surface area contributed by atoms with Crippen LogP contribution in [0.1, 0.15) is 131 Å². The topological polar surface area (TPSA) is 50.9 Å². The van der Waals surface area contributed by atoms with Crippen LogP contribution in [-0.4, -0.2) is 19.6 Å². The molecule has 0 saturated heterocycles. The molecule has 7 aromatic rings. The number of rotatable bonds is 5. The standard InChI is InChI=1S/C56H62N3O.Pt/c1-52(2,3)38-25-27-48(40(32-38)35-24-26-42-43(31-35)56(12,13)29-28-55(42,10)11)59-49-23-15-14-20-47(49)58-51(59)37-19-16-18-36(30-37)45-21-17-22-46(57-45)41-33-39(53(4,5)6)34-44(50(41)60)54(7,8)9;/h14-27,31-34,60H,28-29H2,1-13H3;/q-1;. The van der Waals surface area contributed by atoms with Crippen molar-refractivity contribution in [3.63, 3.8) is 0 Å². The summed E-state index contributed by atoms with van der Waals surface area (Å²) in [5.74, 6) is 1.11. The van der Waals surface area contributed by atoms with E-state index in [0.717, 1.165) is 68.2 Å². The van der Waals surface area contributed by atoms with Crippen LogP contribution in [-0.2, 0) is 48.1 Å². The molecule has 0 spiro atoms. The normalized spacial score (nSPS) is 15.0. The maximum Gasteiger partial charge on any atom is 0.128 e. The van der Waals surface area contributed by atoms with E-state index in [1.165, 1.54) is 34.2 Å². The van der Waals surface area contributed by atoms with Crippen LogP contribution >= 0.6 is 0 Å². The Morgan fingerprint density at radius 1 is 0.574 bits per heavy atom. The second kappa shape index (κ2) is 15.5. The number of phenolic OH excluding ortho intramolecular Hbond substituents is 1. The largest absolute Gasteiger partial charge is 0.507 e. The third kappa shape index (κ3) is 8.30. The molecule has 1 N–H and O–H groups in total. The number of aromatic hydroxyl groups is 1. The molecule has 0 saturated carbocycles. The molecule has 5 heteroatoms.